The van der Waals surface area contributed by atoms with E-state index in [1.807, 2.05) is 24.3 Å². The number of rotatable bonds is 2. The van der Waals surface area contributed by atoms with Crippen molar-refractivity contribution in [2.75, 3.05) is 5.32 Å². The van der Waals surface area contributed by atoms with Crippen molar-refractivity contribution in [2.24, 2.45) is 0 Å². The Kier molecular flexibility index (Phi) is 5.28. The lowest BCUT2D eigenvalue weighted by Crippen LogP contribution is -2.42. The second-order valence-corrected chi connectivity index (χ2v) is 8.56. The molecule has 3 rings (SSSR count). The molecule has 25 heavy (non-hydrogen) atoms. The van der Waals surface area contributed by atoms with Gasteiger partial charge in [0.15, 0.2) is 5.11 Å². The van der Waals surface area contributed by atoms with Gasteiger partial charge in [-0.3, -0.25) is 0 Å². The van der Waals surface area contributed by atoms with Gasteiger partial charge in [-0.25, -0.2) is 0 Å². The van der Waals surface area contributed by atoms with E-state index in [0.717, 1.165) is 27.9 Å². The summed E-state index contributed by atoms with van der Waals surface area (Å²) in [4.78, 5) is 0. The summed E-state index contributed by atoms with van der Waals surface area (Å²) in [6.07, 6.45) is 0.826. The van der Waals surface area contributed by atoms with Gasteiger partial charge in [0.05, 0.1) is 11.1 Å². The van der Waals surface area contributed by atoms with Crippen LogP contribution in [0.1, 0.15) is 37.4 Å². The summed E-state index contributed by atoms with van der Waals surface area (Å²) >= 11 is 15.0. The summed E-state index contributed by atoms with van der Waals surface area (Å²) in [7, 11) is 0. The molecule has 1 aliphatic heterocycles. The van der Waals surface area contributed by atoms with E-state index in [-0.39, 0.29) is 11.6 Å². The highest BCUT2D eigenvalue weighted by Crippen LogP contribution is 2.39. The minimum atomic E-state index is -0.254. The third kappa shape index (κ3) is 4.46. The van der Waals surface area contributed by atoms with Crippen molar-refractivity contribution in [1.82, 2.24) is 5.32 Å². The number of ether oxygens (including phenoxy) is 1. The summed E-state index contributed by atoms with van der Waals surface area (Å²) in [6.45, 7) is 6.27. The minimum absolute atomic E-state index is 0.0876. The van der Waals surface area contributed by atoms with Crippen molar-refractivity contribution in [3.8, 4) is 5.75 Å². The maximum absolute atomic E-state index is 6.14. The lowest BCUT2D eigenvalue weighted by atomic mass is 9.89. The molecule has 1 atom stereocenters. The highest BCUT2D eigenvalue weighted by atomic mass is 79.9. The molecule has 2 N–H and O–H groups in total. The standard InChI is InChI=1S/C19H20BrClN2OS/c1-11-4-7-17-13(8-11)16(10-19(2,3)24-17)23-18(25)22-12-5-6-14(20)15(21)9-12/h4-9,16H,10H2,1-3H3,(H2,22,23,25)/t16-/m0/s1. The van der Waals surface area contributed by atoms with Crippen molar-refractivity contribution in [3.63, 3.8) is 0 Å². The van der Waals surface area contributed by atoms with E-state index in [1.54, 1.807) is 0 Å². The molecule has 0 bridgehead atoms. The van der Waals surface area contributed by atoms with Crippen LogP contribution in [-0.2, 0) is 0 Å². The lowest BCUT2D eigenvalue weighted by Gasteiger charge is -2.38. The van der Waals surface area contributed by atoms with Crippen LogP contribution < -0.4 is 15.4 Å². The first-order chi connectivity index (χ1) is 11.7. The lowest BCUT2D eigenvalue weighted by molar-refractivity contribution is 0.0696. The first-order valence-corrected chi connectivity index (χ1v) is 9.63. The summed E-state index contributed by atoms with van der Waals surface area (Å²) in [5, 5.41) is 7.83. The van der Waals surface area contributed by atoms with Crippen molar-refractivity contribution in [2.45, 2.75) is 38.8 Å². The molecule has 0 aromatic heterocycles. The maximum Gasteiger partial charge on any atom is 0.171 e. The Labute approximate surface area is 167 Å². The van der Waals surface area contributed by atoms with Gasteiger partial charge in [0.2, 0.25) is 0 Å². The summed E-state index contributed by atoms with van der Waals surface area (Å²) in [5.41, 5.74) is 2.93. The molecule has 0 unspecified atom stereocenters. The van der Waals surface area contributed by atoms with Crippen LogP contribution >= 0.6 is 39.7 Å². The fourth-order valence-electron chi connectivity index (χ4n) is 3.00. The number of aryl methyl sites for hydroxylation is 1. The molecule has 132 valence electrons. The number of hydrogen-bond acceptors (Lipinski definition) is 2. The number of anilines is 1. The minimum Gasteiger partial charge on any atom is -0.487 e. The van der Waals surface area contributed by atoms with Crippen molar-refractivity contribution in [1.29, 1.82) is 0 Å². The predicted molar refractivity (Wildman–Crippen MR) is 112 cm³/mol. The summed E-state index contributed by atoms with van der Waals surface area (Å²) in [5.74, 6) is 0.911. The van der Waals surface area contributed by atoms with Gasteiger partial charge in [0.1, 0.15) is 11.4 Å². The zero-order chi connectivity index (χ0) is 18.2. The zero-order valence-corrected chi connectivity index (χ0v) is 17.5. The molecule has 1 heterocycles. The van der Waals surface area contributed by atoms with Gasteiger partial charge in [-0.15, -0.1) is 0 Å². The molecule has 0 aliphatic carbocycles. The van der Waals surface area contributed by atoms with Crippen LogP contribution in [0.4, 0.5) is 5.69 Å². The van der Waals surface area contributed by atoms with Crippen LogP contribution in [0.15, 0.2) is 40.9 Å². The normalized spacial score (nSPS) is 18.0. The third-order valence-electron chi connectivity index (χ3n) is 4.11. The Morgan fingerprint density at radius 1 is 1.28 bits per heavy atom. The first kappa shape index (κ1) is 18.5. The van der Waals surface area contributed by atoms with E-state index in [4.69, 9.17) is 28.6 Å². The first-order valence-electron chi connectivity index (χ1n) is 8.06. The van der Waals surface area contributed by atoms with Crippen LogP contribution in [0.5, 0.6) is 5.75 Å². The molecular formula is C19H20BrClN2OS. The Bertz CT molecular complexity index is 825. The topological polar surface area (TPSA) is 33.3 Å². The number of benzene rings is 2. The molecule has 1 aliphatic rings. The Morgan fingerprint density at radius 2 is 2.04 bits per heavy atom. The number of nitrogens with one attached hydrogen (secondary N) is 2. The molecule has 0 spiro atoms. The van der Waals surface area contributed by atoms with Gasteiger partial charge >= 0.3 is 0 Å². The molecule has 0 radical (unpaired) electrons. The fourth-order valence-corrected chi connectivity index (χ4v) is 3.69. The molecule has 6 heteroatoms. The Morgan fingerprint density at radius 3 is 2.76 bits per heavy atom. The Hall–Kier alpha value is -1.30. The molecule has 0 saturated carbocycles. The highest BCUT2D eigenvalue weighted by Gasteiger charge is 2.34. The van der Waals surface area contributed by atoms with Crippen LogP contribution in [0.25, 0.3) is 0 Å². The van der Waals surface area contributed by atoms with Crippen molar-refractivity contribution >= 4 is 50.5 Å². The van der Waals surface area contributed by atoms with Crippen LogP contribution in [0.3, 0.4) is 0 Å². The van der Waals surface area contributed by atoms with Gasteiger partial charge in [-0.2, -0.15) is 0 Å². The van der Waals surface area contributed by atoms with Crippen LogP contribution in [-0.4, -0.2) is 10.7 Å². The molecule has 3 nitrogen and oxygen atoms in total. The molecule has 2 aromatic carbocycles. The third-order valence-corrected chi connectivity index (χ3v) is 5.56. The average Bonchev–Trinajstić information content (AvgIpc) is 2.51. The van der Waals surface area contributed by atoms with E-state index in [2.05, 4.69) is 59.5 Å². The van der Waals surface area contributed by atoms with E-state index < -0.39 is 0 Å². The average molecular weight is 440 g/mol. The Balaban J connectivity index is 1.78. The van der Waals surface area contributed by atoms with E-state index in [1.165, 1.54) is 5.56 Å². The van der Waals surface area contributed by atoms with Gasteiger partial charge < -0.3 is 15.4 Å². The molecule has 0 fully saturated rings. The smallest absolute Gasteiger partial charge is 0.171 e. The number of hydrogen-bond donors (Lipinski definition) is 2. The highest BCUT2D eigenvalue weighted by molar-refractivity contribution is 9.10. The van der Waals surface area contributed by atoms with Gasteiger partial charge in [-0.1, -0.05) is 29.3 Å². The second kappa shape index (κ2) is 7.14. The van der Waals surface area contributed by atoms with E-state index in [9.17, 15) is 0 Å². The van der Waals surface area contributed by atoms with Crippen LogP contribution in [0.2, 0.25) is 5.02 Å². The number of thiocarbonyl (C=S) groups is 1. The molecule has 0 saturated heterocycles. The SMILES string of the molecule is Cc1ccc2c(c1)[C@@H](NC(=S)Nc1ccc(Br)c(Cl)c1)CC(C)(C)O2. The largest absolute Gasteiger partial charge is 0.487 e. The summed E-state index contributed by atoms with van der Waals surface area (Å²) in [6, 6.07) is 12.0. The van der Waals surface area contributed by atoms with Crippen LogP contribution in [0, 0.1) is 6.92 Å². The number of halogens is 2. The van der Waals surface area contributed by atoms with Crippen molar-refractivity contribution < 1.29 is 4.74 Å². The fraction of sp³-hybridized carbons (Fsp3) is 0.316. The second-order valence-electron chi connectivity index (χ2n) is 6.89. The van der Waals surface area contributed by atoms with Gasteiger partial charge in [0, 0.05) is 22.1 Å². The number of fused-ring (bicyclic) bond motifs is 1. The van der Waals surface area contributed by atoms with Gasteiger partial charge in [-0.05, 0) is 73.2 Å². The van der Waals surface area contributed by atoms with E-state index in [0.29, 0.717) is 10.1 Å². The summed E-state index contributed by atoms with van der Waals surface area (Å²) < 4.78 is 6.96. The predicted octanol–water partition coefficient (Wildman–Crippen LogP) is 6.00. The van der Waals surface area contributed by atoms with Gasteiger partial charge in [0.25, 0.3) is 0 Å². The molecule has 0 amide bonds. The monoisotopic (exact) mass is 438 g/mol. The molecule has 2 aromatic rings. The van der Waals surface area contributed by atoms with Crippen molar-refractivity contribution in [3.05, 3.63) is 57.0 Å². The molecular weight excluding hydrogens is 420 g/mol. The zero-order valence-electron chi connectivity index (χ0n) is 14.3. The maximum atomic E-state index is 6.14. The van der Waals surface area contributed by atoms with E-state index >= 15 is 0 Å². The quantitative estimate of drug-likeness (QED) is 0.562.